The van der Waals surface area contributed by atoms with Crippen LogP contribution in [0.15, 0.2) is 24.3 Å². The third-order valence-electron chi connectivity index (χ3n) is 5.57. The zero-order valence-corrected chi connectivity index (χ0v) is 17.5. The van der Waals surface area contributed by atoms with Crippen molar-refractivity contribution in [3.05, 3.63) is 24.3 Å². The molecule has 2 N–H and O–H groups in total. The fourth-order valence-electron chi connectivity index (χ4n) is 4.02. The van der Waals surface area contributed by atoms with Crippen LogP contribution in [0.3, 0.4) is 0 Å². The van der Waals surface area contributed by atoms with Gasteiger partial charge < -0.3 is 20.3 Å². The number of anilines is 2. The van der Waals surface area contributed by atoms with Gasteiger partial charge in [0.2, 0.25) is 11.8 Å². The Balaban J connectivity index is 1.39. The Bertz CT molecular complexity index is 651. The summed E-state index contributed by atoms with van der Waals surface area (Å²) in [5.74, 6) is -0.115. The number of amides is 2. The van der Waals surface area contributed by atoms with Crippen LogP contribution in [0.5, 0.6) is 0 Å². The topological polar surface area (TPSA) is 73.9 Å². The van der Waals surface area contributed by atoms with Crippen molar-refractivity contribution in [3.8, 4) is 0 Å². The predicted molar refractivity (Wildman–Crippen MR) is 115 cm³/mol. The zero-order valence-electron chi connectivity index (χ0n) is 17.5. The molecule has 2 amide bonds. The SMILES string of the molecule is CN(CC(=O)Nc1ccc(N2CCOCC2)cc1)CC(=O)NC1CCCCCC1. The van der Waals surface area contributed by atoms with Crippen LogP contribution in [-0.2, 0) is 14.3 Å². The molecule has 1 heterocycles. The molecule has 1 aliphatic heterocycles. The van der Waals surface area contributed by atoms with Gasteiger partial charge in [0.1, 0.15) is 0 Å². The van der Waals surface area contributed by atoms with E-state index < -0.39 is 0 Å². The molecule has 160 valence electrons. The van der Waals surface area contributed by atoms with Gasteiger partial charge in [-0.15, -0.1) is 0 Å². The van der Waals surface area contributed by atoms with E-state index in [1.807, 2.05) is 24.3 Å². The van der Waals surface area contributed by atoms with Gasteiger partial charge >= 0.3 is 0 Å². The van der Waals surface area contributed by atoms with E-state index in [1.54, 1.807) is 11.9 Å². The van der Waals surface area contributed by atoms with Crippen LogP contribution in [0.2, 0.25) is 0 Å². The maximum atomic E-state index is 12.3. The van der Waals surface area contributed by atoms with Crippen molar-refractivity contribution in [2.75, 3.05) is 56.7 Å². The van der Waals surface area contributed by atoms with Gasteiger partial charge in [0.05, 0.1) is 26.3 Å². The Labute approximate surface area is 173 Å². The first-order chi connectivity index (χ1) is 14.1. The highest BCUT2D eigenvalue weighted by molar-refractivity contribution is 5.92. The lowest BCUT2D eigenvalue weighted by Gasteiger charge is -2.28. The van der Waals surface area contributed by atoms with Crippen LogP contribution in [-0.4, -0.2) is 69.2 Å². The molecule has 1 saturated heterocycles. The second-order valence-corrected chi connectivity index (χ2v) is 8.12. The van der Waals surface area contributed by atoms with Crippen LogP contribution in [0.1, 0.15) is 38.5 Å². The molecule has 1 aromatic rings. The van der Waals surface area contributed by atoms with Crippen molar-refractivity contribution in [1.82, 2.24) is 10.2 Å². The highest BCUT2D eigenvalue weighted by Gasteiger charge is 2.17. The molecule has 0 aromatic heterocycles. The van der Waals surface area contributed by atoms with Crippen molar-refractivity contribution in [1.29, 1.82) is 0 Å². The second kappa shape index (κ2) is 11.2. The molecular weight excluding hydrogens is 368 g/mol. The summed E-state index contributed by atoms with van der Waals surface area (Å²) in [6.45, 7) is 3.69. The molecule has 3 rings (SSSR count). The van der Waals surface area contributed by atoms with E-state index in [2.05, 4.69) is 15.5 Å². The second-order valence-electron chi connectivity index (χ2n) is 8.12. The molecule has 0 bridgehead atoms. The van der Waals surface area contributed by atoms with Gasteiger partial charge in [-0.1, -0.05) is 25.7 Å². The number of hydrogen-bond acceptors (Lipinski definition) is 5. The maximum Gasteiger partial charge on any atom is 0.238 e. The normalized spacial score (nSPS) is 18.3. The Kier molecular flexibility index (Phi) is 8.31. The molecule has 7 heteroatoms. The lowest BCUT2D eigenvalue weighted by atomic mass is 10.1. The summed E-state index contributed by atoms with van der Waals surface area (Å²) in [6.07, 6.45) is 7.04. The Hall–Kier alpha value is -2.12. The lowest BCUT2D eigenvalue weighted by Crippen LogP contribution is -2.42. The Morgan fingerprint density at radius 2 is 1.62 bits per heavy atom. The number of rotatable bonds is 7. The number of morpholine rings is 1. The van der Waals surface area contributed by atoms with Crippen molar-refractivity contribution < 1.29 is 14.3 Å². The van der Waals surface area contributed by atoms with Gasteiger partial charge in [0.15, 0.2) is 0 Å². The van der Waals surface area contributed by atoms with E-state index in [-0.39, 0.29) is 30.9 Å². The van der Waals surface area contributed by atoms with E-state index in [0.29, 0.717) is 0 Å². The van der Waals surface area contributed by atoms with Crippen LogP contribution < -0.4 is 15.5 Å². The standard InChI is InChI=1S/C22H34N4O3/c1-25(16-21(27)23-18-6-4-2-3-5-7-18)17-22(28)24-19-8-10-20(11-9-19)26-12-14-29-15-13-26/h8-11,18H,2-7,12-17H2,1H3,(H,23,27)(H,24,28). The van der Waals surface area contributed by atoms with E-state index in [9.17, 15) is 9.59 Å². The highest BCUT2D eigenvalue weighted by atomic mass is 16.5. The number of hydrogen-bond donors (Lipinski definition) is 2. The van der Waals surface area contributed by atoms with E-state index in [4.69, 9.17) is 4.74 Å². The summed E-state index contributed by atoms with van der Waals surface area (Å²) < 4.78 is 5.38. The summed E-state index contributed by atoms with van der Waals surface area (Å²) in [5.41, 5.74) is 1.90. The maximum absolute atomic E-state index is 12.3. The van der Waals surface area contributed by atoms with E-state index in [0.717, 1.165) is 50.5 Å². The Morgan fingerprint density at radius 3 is 2.28 bits per heavy atom. The highest BCUT2D eigenvalue weighted by Crippen LogP contribution is 2.19. The smallest absolute Gasteiger partial charge is 0.238 e. The molecule has 0 spiro atoms. The quantitative estimate of drug-likeness (QED) is 0.684. The fraction of sp³-hybridized carbons (Fsp3) is 0.636. The van der Waals surface area contributed by atoms with E-state index in [1.165, 1.54) is 25.7 Å². The van der Waals surface area contributed by atoms with Crippen LogP contribution in [0.25, 0.3) is 0 Å². The molecule has 2 aliphatic rings. The number of carbonyl (C=O) groups excluding carboxylic acids is 2. The largest absolute Gasteiger partial charge is 0.378 e. The predicted octanol–water partition coefficient (Wildman–Crippen LogP) is 2.23. The van der Waals surface area contributed by atoms with E-state index >= 15 is 0 Å². The summed E-state index contributed by atoms with van der Waals surface area (Å²) in [5, 5.41) is 6.03. The molecule has 1 saturated carbocycles. The number of ether oxygens (including phenoxy) is 1. The lowest BCUT2D eigenvalue weighted by molar-refractivity contribution is -0.123. The van der Waals surface area contributed by atoms with Crippen molar-refractivity contribution >= 4 is 23.2 Å². The van der Waals surface area contributed by atoms with Crippen LogP contribution in [0, 0.1) is 0 Å². The first-order valence-corrected chi connectivity index (χ1v) is 10.8. The zero-order chi connectivity index (χ0) is 20.5. The molecule has 0 unspecified atom stereocenters. The third-order valence-corrected chi connectivity index (χ3v) is 5.57. The molecule has 2 fully saturated rings. The molecule has 0 radical (unpaired) electrons. The molecule has 1 aliphatic carbocycles. The number of nitrogens with one attached hydrogen (secondary N) is 2. The number of nitrogens with zero attached hydrogens (tertiary/aromatic N) is 2. The molecule has 1 aromatic carbocycles. The van der Waals surface area contributed by atoms with Crippen molar-refractivity contribution in [2.45, 2.75) is 44.6 Å². The molecule has 29 heavy (non-hydrogen) atoms. The average molecular weight is 403 g/mol. The third kappa shape index (κ3) is 7.33. The van der Waals surface area contributed by atoms with Crippen molar-refractivity contribution in [2.24, 2.45) is 0 Å². The number of likely N-dealkylation sites (N-methyl/N-ethyl adjacent to an activating group) is 1. The van der Waals surface area contributed by atoms with Crippen LogP contribution in [0.4, 0.5) is 11.4 Å². The average Bonchev–Trinajstić information content (AvgIpc) is 2.97. The number of carbonyl (C=O) groups is 2. The van der Waals surface area contributed by atoms with Gasteiger partial charge in [-0.2, -0.15) is 0 Å². The van der Waals surface area contributed by atoms with Gasteiger partial charge in [0.25, 0.3) is 0 Å². The first-order valence-electron chi connectivity index (χ1n) is 10.8. The van der Waals surface area contributed by atoms with Gasteiger partial charge in [-0.3, -0.25) is 14.5 Å². The first kappa shape index (κ1) is 21.6. The van der Waals surface area contributed by atoms with Gasteiger partial charge in [-0.25, -0.2) is 0 Å². The monoisotopic (exact) mass is 402 g/mol. The number of benzene rings is 1. The summed E-state index contributed by atoms with van der Waals surface area (Å²) in [4.78, 5) is 28.6. The minimum atomic E-state index is -0.117. The summed E-state index contributed by atoms with van der Waals surface area (Å²) in [7, 11) is 1.80. The molecule has 7 nitrogen and oxygen atoms in total. The summed E-state index contributed by atoms with van der Waals surface area (Å²) in [6, 6.07) is 8.16. The minimum absolute atomic E-state index is 0.00191. The summed E-state index contributed by atoms with van der Waals surface area (Å²) >= 11 is 0. The Morgan fingerprint density at radius 1 is 1.00 bits per heavy atom. The van der Waals surface area contributed by atoms with Gasteiger partial charge in [0, 0.05) is 30.5 Å². The van der Waals surface area contributed by atoms with Crippen molar-refractivity contribution in [3.63, 3.8) is 0 Å². The van der Waals surface area contributed by atoms with Gasteiger partial charge in [-0.05, 0) is 44.2 Å². The minimum Gasteiger partial charge on any atom is -0.378 e. The fourth-order valence-corrected chi connectivity index (χ4v) is 4.02. The molecule has 0 atom stereocenters. The van der Waals surface area contributed by atoms with Crippen LogP contribution >= 0.6 is 0 Å². The molecular formula is C22H34N4O3.